The van der Waals surface area contributed by atoms with E-state index in [9.17, 15) is 34.5 Å². The number of rotatable bonds is 56. The first kappa shape index (κ1) is 72.2. The summed E-state index contributed by atoms with van der Waals surface area (Å²) < 4.78 is 28.5. The van der Waals surface area contributed by atoms with Crippen LogP contribution in [0.4, 0.5) is 0 Å². The zero-order chi connectivity index (χ0) is 56.1. The fourth-order valence-corrected chi connectivity index (χ4v) is 10.0. The highest BCUT2D eigenvalue weighted by Crippen LogP contribution is 2.27. The molecule has 0 aliphatic carbocycles. The lowest BCUT2D eigenvalue weighted by Crippen LogP contribution is -2.61. The number of carboxylic acid groups (broad SMARTS) is 1. The van der Waals surface area contributed by atoms with Crippen LogP contribution < -0.4 is 0 Å². The van der Waals surface area contributed by atoms with E-state index in [1.807, 2.05) is 0 Å². The fourth-order valence-electron chi connectivity index (χ4n) is 10.0. The van der Waals surface area contributed by atoms with Gasteiger partial charge in [-0.2, -0.15) is 0 Å². The molecule has 0 aromatic rings. The van der Waals surface area contributed by atoms with Gasteiger partial charge in [-0.05, 0) is 51.4 Å². The van der Waals surface area contributed by atoms with Crippen molar-refractivity contribution < 1.29 is 58.2 Å². The number of aliphatic carboxylic acids is 1. The van der Waals surface area contributed by atoms with Crippen LogP contribution in [0.1, 0.15) is 316 Å². The normalized spacial score (nSPS) is 18.1. The topological polar surface area (TPSA) is 175 Å². The summed E-state index contributed by atoms with van der Waals surface area (Å²) in [6, 6.07) is 0. The summed E-state index contributed by atoms with van der Waals surface area (Å²) in [5.41, 5.74) is 0. The molecule has 0 bridgehead atoms. The van der Waals surface area contributed by atoms with Crippen molar-refractivity contribution in [3.05, 3.63) is 24.3 Å². The summed E-state index contributed by atoms with van der Waals surface area (Å²) in [5, 5.41) is 31.5. The molecular weight excluding hydrogens is 973 g/mol. The van der Waals surface area contributed by atoms with Gasteiger partial charge >= 0.3 is 23.9 Å². The standard InChI is InChI=1S/C65H118O12/c1-4-7-10-13-16-19-22-25-28-29-32-33-36-39-42-45-48-51-57(66)73-54-56(75-58(67)52-49-46-43-40-37-34-30-26-23-20-17-14-11-8-5-2)55-74-65-63(61(70)60(69)62(77-65)64(71)72)76-59(68)53-50-47-44-41-38-35-31-27-24-21-18-15-12-9-6-3/h18,21,27,31,56,60-63,65,69-70H,4-17,19-20,22-26,28-30,32-55H2,1-3H3,(H,71,72)/b21-18-,31-27-. The Kier molecular flexibility index (Phi) is 50.5. The van der Waals surface area contributed by atoms with E-state index in [4.69, 9.17) is 23.7 Å². The van der Waals surface area contributed by atoms with Crippen molar-refractivity contribution >= 4 is 23.9 Å². The van der Waals surface area contributed by atoms with Crippen molar-refractivity contribution in [2.75, 3.05) is 13.2 Å². The molecule has 0 saturated carbocycles. The molecule has 0 amide bonds. The van der Waals surface area contributed by atoms with E-state index in [1.165, 1.54) is 173 Å². The van der Waals surface area contributed by atoms with E-state index in [0.717, 1.165) is 83.5 Å². The number of carbonyl (C=O) groups excluding carboxylic acids is 3. The number of carbonyl (C=O) groups is 4. The molecule has 1 heterocycles. The second-order valence-corrected chi connectivity index (χ2v) is 22.4. The predicted octanol–water partition coefficient (Wildman–Crippen LogP) is 17.0. The Balaban J connectivity index is 2.65. The molecule has 6 atom stereocenters. The Morgan fingerprint density at radius 3 is 1.19 bits per heavy atom. The maximum atomic E-state index is 13.2. The van der Waals surface area contributed by atoms with Crippen molar-refractivity contribution in [3.63, 3.8) is 0 Å². The third-order valence-corrected chi connectivity index (χ3v) is 15.0. The van der Waals surface area contributed by atoms with Crippen molar-refractivity contribution in [1.29, 1.82) is 0 Å². The molecule has 77 heavy (non-hydrogen) atoms. The van der Waals surface area contributed by atoms with Crippen LogP contribution >= 0.6 is 0 Å². The van der Waals surface area contributed by atoms with Gasteiger partial charge in [0.2, 0.25) is 0 Å². The summed E-state index contributed by atoms with van der Waals surface area (Å²) in [6.45, 7) is 6.02. The molecule has 1 aliphatic heterocycles. The van der Waals surface area contributed by atoms with Crippen LogP contribution in [0.5, 0.6) is 0 Å². The molecule has 12 nitrogen and oxygen atoms in total. The monoisotopic (exact) mass is 1090 g/mol. The van der Waals surface area contributed by atoms with Crippen molar-refractivity contribution in [2.24, 2.45) is 0 Å². The molecular formula is C65H118O12. The fraction of sp³-hybridized carbons (Fsp3) is 0.877. The summed E-state index contributed by atoms with van der Waals surface area (Å²) in [5.74, 6) is -3.10. The Labute approximate surface area is 470 Å². The average molecular weight is 1090 g/mol. The lowest BCUT2D eigenvalue weighted by molar-refractivity contribution is -0.301. The van der Waals surface area contributed by atoms with Gasteiger partial charge in [0.25, 0.3) is 0 Å². The smallest absolute Gasteiger partial charge is 0.335 e. The maximum Gasteiger partial charge on any atom is 0.335 e. The summed E-state index contributed by atoms with van der Waals surface area (Å²) in [6.07, 6.45) is 49.9. The molecule has 0 aromatic heterocycles. The molecule has 1 aliphatic rings. The highest BCUT2D eigenvalue weighted by molar-refractivity contribution is 5.74. The average Bonchev–Trinajstić information content (AvgIpc) is 3.43. The molecule has 1 fully saturated rings. The first-order valence-corrected chi connectivity index (χ1v) is 32.3. The number of esters is 3. The minimum Gasteiger partial charge on any atom is -0.479 e. The highest BCUT2D eigenvalue weighted by Gasteiger charge is 2.50. The lowest BCUT2D eigenvalue weighted by atomic mass is 9.98. The minimum absolute atomic E-state index is 0.0494. The number of ether oxygens (including phenoxy) is 5. The van der Waals surface area contributed by atoms with E-state index in [1.54, 1.807) is 0 Å². The molecule has 0 aromatic carbocycles. The van der Waals surface area contributed by atoms with E-state index in [0.29, 0.717) is 19.3 Å². The Bertz CT molecular complexity index is 1430. The van der Waals surface area contributed by atoms with Gasteiger partial charge in [-0.1, -0.05) is 270 Å². The van der Waals surface area contributed by atoms with Crippen molar-refractivity contribution in [2.45, 2.75) is 353 Å². The number of unbranched alkanes of at least 4 members (excludes halogenated alkanes) is 38. The SMILES string of the molecule is CCCCC/C=C\C/C=C\CCCCCCCC(=O)OC1C(OCC(COC(=O)CCCCCCCCCCCCCCCCCCC)OC(=O)CCCCCCCCCCCCCCCCC)OC(C(=O)O)C(O)C1O. The molecule has 450 valence electrons. The number of aliphatic hydroxyl groups is 2. The van der Waals surface area contributed by atoms with Gasteiger partial charge < -0.3 is 39.0 Å². The summed E-state index contributed by atoms with van der Waals surface area (Å²) in [4.78, 5) is 51.3. The quantitative estimate of drug-likeness (QED) is 0.0228. The van der Waals surface area contributed by atoms with E-state index < -0.39 is 67.3 Å². The van der Waals surface area contributed by atoms with Crippen LogP contribution in [0.3, 0.4) is 0 Å². The Morgan fingerprint density at radius 2 is 0.779 bits per heavy atom. The van der Waals surface area contributed by atoms with Gasteiger partial charge in [-0.3, -0.25) is 14.4 Å². The molecule has 1 saturated heterocycles. The second kappa shape index (κ2) is 53.8. The lowest BCUT2D eigenvalue weighted by Gasteiger charge is -2.40. The van der Waals surface area contributed by atoms with Crippen molar-refractivity contribution in [3.8, 4) is 0 Å². The Hall–Kier alpha value is -2.80. The number of aliphatic hydroxyl groups excluding tert-OH is 2. The van der Waals surface area contributed by atoms with E-state index in [-0.39, 0.29) is 25.9 Å². The first-order valence-electron chi connectivity index (χ1n) is 32.3. The minimum atomic E-state index is -1.90. The molecule has 3 N–H and O–H groups in total. The zero-order valence-corrected chi connectivity index (χ0v) is 49.7. The Morgan fingerprint density at radius 1 is 0.429 bits per heavy atom. The van der Waals surface area contributed by atoms with Crippen molar-refractivity contribution in [1.82, 2.24) is 0 Å². The predicted molar refractivity (Wildman–Crippen MR) is 313 cm³/mol. The number of carboxylic acids is 1. The number of hydrogen-bond acceptors (Lipinski definition) is 11. The van der Waals surface area contributed by atoms with Gasteiger partial charge in [-0.15, -0.1) is 0 Å². The zero-order valence-electron chi connectivity index (χ0n) is 49.7. The molecule has 12 heteroatoms. The largest absolute Gasteiger partial charge is 0.479 e. The van der Waals surface area contributed by atoms with Crippen LogP contribution in [0.15, 0.2) is 24.3 Å². The van der Waals surface area contributed by atoms with Crippen LogP contribution in [0.25, 0.3) is 0 Å². The van der Waals surface area contributed by atoms with Crippen LogP contribution in [-0.2, 0) is 42.9 Å². The maximum absolute atomic E-state index is 13.2. The van der Waals surface area contributed by atoms with Crippen LogP contribution in [-0.4, -0.2) is 89.2 Å². The van der Waals surface area contributed by atoms with Gasteiger partial charge in [0.15, 0.2) is 24.6 Å². The molecule has 6 unspecified atom stereocenters. The molecule has 0 spiro atoms. The third-order valence-electron chi connectivity index (χ3n) is 15.0. The molecule has 1 rings (SSSR count). The van der Waals surface area contributed by atoms with Crippen LogP contribution in [0.2, 0.25) is 0 Å². The first-order chi connectivity index (χ1) is 37.6. The third kappa shape index (κ3) is 43.7. The van der Waals surface area contributed by atoms with Gasteiger partial charge in [-0.25, -0.2) is 4.79 Å². The number of hydrogen-bond donors (Lipinski definition) is 3. The highest BCUT2D eigenvalue weighted by atomic mass is 16.7. The van der Waals surface area contributed by atoms with Gasteiger partial charge in [0.05, 0.1) is 6.61 Å². The van der Waals surface area contributed by atoms with Gasteiger partial charge in [0.1, 0.15) is 18.8 Å². The summed E-state index contributed by atoms with van der Waals surface area (Å²) >= 11 is 0. The summed E-state index contributed by atoms with van der Waals surface area (Å²) in [7, 11) is 0. The number of allylic oxidation sites excluding steroid dienone is 4. The van der Waals surface area contributed by atoms with Gasteiger partial charge in [0, 0.05) is 19.3 Å². The van der Waals surface area contributed by atoms with E-state index in [2.05, 4.69) is 45.1 Å². The molecule has 0 radical (unpaired) electrons. The van der Waals surface area contributed by atoms with Crippen LogP contribution in [0, 0.1) is 0 Å². The van der Waals surface area contributed by atoms with E-state index >= 15 is 0 Å². The second-order valence-electron chi connectivity index (χ2n) is 22.4.